The highest BCUT2D eigenvalue weighted by atomic mass is 15.3. The molecule has 0 saturated heterocycles. The number of benzene rings is 3. The minimum absolute atomic E-state index is 0.839. The molecule has 3 nitrogen and oxygen atoms in total. The monoisotopic (exact) mass is 507 g/mol. The quantitative estimate of drug-likeness (QED) is 0.222. The summed E-state index contributed by atoms with van der Waals surface area (Å²) in [6.07, 6.45) is 11.1. The minimum Gasteiger partial charge on any atom is -0.275 e. The van der Waals surface area contributed by atoms with E-state index in [0.29, 0.717) is 0 Å². The average Bonchev–Trinajstić information content (AvgIpc) is 3.42. The molecule has 0 spiro atoms. The second kappa shape index (κ2) is 16.9. The van der Waals surface area contributed by atoms with Gasteiger partial charge in [-0.1, -0.05) is 132 Å². The molecule has 0 aliphatic rings. The number of aryl methyl sites for hydroxylation is 1. The zero-order valence-electron chi connectivity index (χ0n) is 24.4. The largest absolute Gasteiger partial charge is 0.275 e. The van der Waals surface area contributed by atoms with Gasteiger partial charge in [-0.2, -0.15) is 0 Å². The molecule has 38 heavy (non-hydrogen) atoms. The Bertz CT molecular complexity index is 1250. The van der Waals surface area contributed by atoms with Gasteiger partial charge in [-0.05, 0) is 55.5 Å². The van der Waals surface area contributed by atoms with E-state index in [4.69, 9.17) is 0 Å². The second-order valence-electron chi connectivity index (χ2n) is 8.85. The van der Waals surface area contributed by atoms with Crippen LogP contribution in [-0.4, -0.2) is 14.8 Å². The van der Waals surface area contributed by atoms with E-state index in [9.17, 15) is 0 Å². The molecule has 0 saturated carbocycles. The van der Waals surface area contributed by atoms with Crippen molar-refractivity contribution in [2.45, 2.75) is 74.1 Å². The number of allylic oxidation sites excluding steroid dienone is 4. The molecule has 4 aromatic rings. The first kappa shape index (κ1) is 30.5. The molecule has 0 N–H and O–H groups in total. The summed E-state index contributed by atoms with van der Waals surface area (Å²) in [5.41, 5.74) is 6.92. The van der Waals surface area contributed by atoms with Gasteiger partial charge in [0.25, 0.3) is 0 Å². The Labute approximate surface area is 231 Å². The van der Waals surface area contributed by atoms with Gasteiger partial charge >= 0.3 is 0 Å². The standard InChI is InChI=1S/C30H31N3.C3H8.C2H6/c1-4-7-12-23-15-17-26(18-16-23)29-31-32-30(33(29)28-13-9-8-10-14-28)27-21-19-25(20-22-27)24(6-3)11-5-2;1-3-2;1-2/h5-6,8-11,13-22H,4,7,12H2,1-3H3;3H2,1-2H3;1-2H3/b11-5-,24-6+;;. The third-order valence-corrected chi connectivity index (χ3v) is 5.84. The molecular formula is C35H45N3. The van der Waals surface area contributed by atoms with E-state index in [1.807, 2.05) is 26.8 Å². The Balaban J connectivity index is 0.000000947. The van der Waals surface area contributed by atoms with Crippen molar-refractivity contribution >= 4 is 5.57 Å². The maximum absolute atomic E-state index is 4.63. The van der Waals surface area contributed by atoms with Gasteiger partial charge in [0.05, 0.1) is 0 Å². The lowest BCUT2D eigenvalue weighted by Crippen LogP contribution is -2.00. The Morgan fingerprint density at radius 3 is 1.74 bits per heavy atom. The molecule has 1 aromatic heterocycles. The predicted octanol–water partition coefficient (Wildman–Crippen LogP) is 10.4. The lowest BCUT2D eigenvalue weighted by atomic mass is 10.0. The summed E-state index contributed by atoms with van der Waals surface area (Å²) in [7, 11) is 0. The van der Waals surface area contributed by atoms with Crippen LogP contribution in [0.2, 0.25) is 0 Å². The third kappa shape index (κ3) is 8.14. The second-order valence-corrected chi connectivity index (χ2v) is 8.85. The summed E-state index contributed by atoms with van der Waals surface area (Å²) in [6, 6.07) is 27.6. The summed E-state index contributed by atoms with van der Waals surface area (Å²) in [4.78, 5) is 0. The first-order valence-corrected chi connectivity index (χ1v) is 14.2. The molecule has 4 rings (SSSR count). The highest BCUT2D eigenvalue weighted by Gasteiger charge is 2.17. The van der Waals surface area contributed by atoms with Crippen molar-refractivity contribution in [1.82, 2.24) is 14.8 Å². The summed E-state index contributed by atoms with van der Waals surface area (Å²) in [5.74, 6) is 1.69. The molecule has 0 radical (unpaired) electrons. The molecule has 0 amide bonds. The predicted molar refractivity (Wildman–Crippen MR) is 167 cm³/mol. The van der Waals surface area contributed by atoms with E-state index < -0.39 is 0 Å². The van der Waals surface area contributed by atoms with Crippen LogP contribution in [-0.2, 0) is 6.42 Å². The number of hydrogen-bond donors (Lipinski definition) is 0. The van der Waals surface area contributed by atoms with Crippen LogP contribution in [0, 0.1) is 0 Å². The number of para-hydroxylation sites is 1. The maximum Gasteiger partial charge on any atom is 0.168 e. The van der Waals surface area contributed by atoms with Crippen molar-refractivity contribution < 1.29 is 0 Å². The number of unbranched alkanes of at least 4 members (excludes halogenated alkanes) is 1. The fourth-order valence-corrected chi connectivity index (χ4v) is 4.03. The van der Waals surface area contributed by atoms with Gasteiger partial charge in [0.1, 0.15) is 0 Å². The first-order chi connectivity index (χ1) is 18.7. The Kier molecular flexibility index (Phi) is 13.6. The molecule has 0 atom stereocenters. The van der Waals surface area contributed by atoms with Gasteiger partial charge in [-0.15, -0.1) is 10.2 Å². The molecule has 3 aromatic carbocycles. The van der Waals surface area contributed by atoms with Gasteiger partial charge in [0.2, 0.25) is 0 Å². The highest BCUT2D eigenvalue weighted by Crippen LogP contribution is 2.30. The smallest absolute Gasteiger partial charge is 0.168 e. The summed E-state index contributed by atoms with van der Waals surface area (Å²) < 4.78 is 2.15. The van der Waals surface area contributed by atoms with Crippen molar-refractivity contribution in [3.8, 4) is 28.5 Å². The van der Waals surface area contributed by atoms with Crippen LogP contribution in [0.1, 0.15) is 78.9 Å². The third-order valence-electron chi connectivity index (χ3n) is 5.84. The molecule has 0 unspecified atom stereocenters. The number of aromatic nitrogens is 3. The Hall–Kier alpha value is -3.72. The highest BCUT2D eigenvalue weighted by molar-refractivity contribution is 5.75. The van der Waals surface area contributed by atoms with Crippen molar-refractivity contribution in [1.29, 1.82) is 0 Å². The average molecular weight is 508 g/mol. The zero-order chi connectivity index (χ0) is 27.8. The fraction of sp³-hybridized carbons (Fsp3) is 0.314. The van der Waals surface area contributed by atoms with Gasteiger partial charge < -0.3 is 0 Å². The fourth-order valence-electron chi connectivity index (χ4n) is 4.03. The SMILES string of the molecule is C/C=C\C(=C/C)c1ccc(-c2nnc(-c3ccc(CCCC)cc3)n2-c2ccccc2)cc1.CC.CCC. The van der Waals surface area contributed by atoms with Crippen LogP contribution < -0.4 is 0 Å². The molecular weight excluding hydrogens is 462 g/mol. The van der Waals surface area contributed by atoms with E-state index in [1.165, 1.54) is 36.0 Å². The molecule has 0 bridgehead atoms. The van der Waals surface area contributed by atoms with Crippen molar-refractivity contribution in [3.63, 3.8) is 0 Å². The first-order valence-electron chi connectivity index (χ1n) is 14.2. The van der Waals surface area contributed by atoms with Crippen molar-refractivity contribution in [2.75, 3.05) is 0 Å². The summed E-state index contributed by atoms with van der Waals surface area (Å²) in [5, 5.41) is 9.25. The van der Waals surface area contributed by atoms with E-state index in [0.717, 1.165) is 34.9 Å². The summed E-state index contributed by atoms with van der Waals surface area (Å²) in [6.45, 7) is 14.6. The van der Waals surface area contributed by atoms with E-state index in [2.05, 4.69) is 133 Å². The van der Waals surface area contributed by atoms with Crippen molar-refractivity contribution in [2.24, 2.45) is 0 Å². The maximum atomic E-state index is 4.63. The Morgan fingerprint density at radius 2 is 1.26 bits per heavy atom. The minimum atomic E-state index is 0.839. The van der Waals surface area contributed by atoms with Crippen molar-refractivity contribution in [3.05, 3.63) is 108 Å². The number of rotatable bonds is 8. The van der Waals surface area contributed by atoms with Gasteiger partial charge in [-0.25, -0.2) is 0 Å². The van der Waals surface area contributed by atoms with E-state index in [-0.39, 0.29) is 0 Å². The van der Waals surface area contributed by atoms with E-state index in [1.54, 1.807) is 0 Å². The lowest BCUT2D eigenvalue weighted by Gasteiger charge is -2.12. The van der Waals surface area contributed by atoms with Gasteiger partial charge in [-0.3, -0.25) is 4.57 Å². The number of nitrogens with zero attached hydrogens (tertiary/aromatic N) is 3. The van der Waals surface area contributed by atoms with Crippen LogP contribution in [0.15, 0.2) is 97.1 Å². The van der Waals surface area contributed by atoms with Gasteiger partial charge in [0.15, 0.2) is 11.6 Å². The van der Waals surface area contributed by atoms with E-state index >= 15 is 0 Å². The van der Waals surface area contributed by atoms with Crippen LogP contribution in [0.3, 0.4) is 0 Å². The number of hydrogen-bond acceptors (Lipinski definition) is 2. The topological polar surface area (TPSA) is 30.7 Å². The lowest BCUT2D eigenvalue weighted by molar-refractivity contribution is 0.795. The van der Waals surface area contributed by atoms with Crippen LogP contribution in [0.5, 0.6) is 0 Å². The molecule has 0 aliphatic heterocycles. The Morgan fingerprint density at radius 1 is 0.737 bits per heavy atom. The zero-order valence-corrected chi connectivity index (χ0v) is 24.4. The molecule has 1 heterocycles. The van der Waals surface area contributed by atoms with Gasteiger partial charge in [0, 0.05) is 16.8 Å². The van der Waals surface area contributed by atoms with Crippen LogP contribution >= 0.6 is 0 Å². The molecule has 200 valence electrons. The summed E-state index contributed by atoms with van der Waals surface area (Å²) >= 11 is 0. The molecule has 3 heteroatoms. The van der Waals surface area contributed by atoms with Crippen LogP contribution in [0.25, 0.3) is 34.0 Å². The normalized spacial score (nSPS) is 11.0. The van der Waals surface area contributed by atoms with Crippen LogP contribution in [0.4, 0.5) is 0 Å². The molecule has 0 aliphatic carbocycles. The molecule has 0 fully saturated rings.